The largest absolute Gasteiger partial charge is 0.496 e. The van der Waals surface area contributed by atoms with Gasteiger partial charge in [0.05, 0.1) is 25.2 Å². The number of methoxy groups -OCH3 is 2. The van der Waals surface area contributed by atoms with Gasteiger partial charge in [-0.2, -0.15) is 0 Å². The molecule has 0 amide bonds. The second kappa shape index (κ2) is 7.58. The first-order chi connectivity index (χ1) is 12.8. The molecule has 0 radical (unpaired) electrons. The number of rotatable bonds is 5. The summed E-state index contributed by atoms with van der Waals surface area (Å²) in [6.45, 7) is 0.677. The number of pyridine rings is 2. The van der Waals surface area contributed by atoms with E-state index in [4.69, 9.17) is 21.1 Å². The quantitative estimate of drug-likeness (QED) is 0.628. The monoisotopic (exact) mass is 387 g/mol. The lowest BCUT2D eigenvalue weighted by Crippen LogP contribution is -2.17. The first-order valence-corrected chi connectivity index (χ1v) is 8.78. The van der Waals surface area contributed by atoms with E-state index in [9.17, 15) is 4.79 Å². The van der Waals surface area contributed by atoms with E-state index in [1.165, 1.54) is 6.20 Å². The molecular formula is C20H22ClN3O3. The van der Waals surface area contributed by atoms with Gasteiger partial charge < -0.3 is 18.9 Å². The predicted molar refractivity (Wildman–Crippen MR) is 108 cm³/mol. The zero-order chi connectivity index (χ0) is 19.7. The first kappa shape index (κ1) is 19.2. The molecule has 0 saturated heterocycles. The summed E-state index contributed by atoms with van der Waals surface area (Å²) in [6.07, 6.45) is 3.30. The minimum Gasteiger partial charge on any atom is -0.496 e. The molecule has 2 heterocycles. The van der Waals surface area contributed by atoms with Gasteiger partial charge in [0.2, 0.25) is 0 Å². The van der Waals surface area contributed by atoms with E-state index < -0.39 is 0 Å². The Hall–Kier alpha value is -2.57. The molecule has 0 fully saturated rings. The van der Waals surface area contributed by atoms with Crippen molar-refractivity contribution in [1.82, 2.24) is 14.5 Å². The molecular weight excluding hydrogens is 366 g/mol. The van der Waals surface area contributed by atoms with Crippen molar-refractivity contribution in [2.45, 2.75) is 6.54 Å². The highest BCUT2D eigenvalue weighted by Gasteiger charge is 2.17. The summed E-state index contributed by atoms with van der Waals surface area (Å²) < 4.78 is 12.8. The normalized spacial score (nSPS) is 11.2. The minimum absolute atomic E-state index is 0.124. The summed E-state index contributed by atoms with van der Waals surface area (Å²) in [5, 5.41) is 1.58. The number of hydrogen-bond donors (Lipinski definition) is 0. The van der Waals surface area contributed by atoms with Gasteiger partial charge in [0, 0.05) is 36.9 Å². The number of aryl methyl sites for hydroxylation is 1. The zero-order valence-electron chi connectivity index (χ0n) is 16.0. The lowest BCUT2D eigenvalue weighted by molar-refractivity contribution is 0.349. The van der Waals surface area contributed by atoms with Crippen molar-refractivity contribution >= 4 is 22.4 Å². The molecule has 0 N–H and O–H groups in total. The minimum atomic E-state index is -0.124. The second-order valence-corrected chi connectivity index (χ2v) is 7.00. The van der Waals surface area contributed by atoms with Gasteiger partial charge in [0.15, 0.2) is 0 Å². The molecule has 0 atom stereocenters. The van der Waals surface area contributed by atoms with Crippen LogP contribution in [0.5, 0.6) is 11.5 Å². The van der Waals surface area contributed by atoms with E-state index in [1.807, 2.05) is 31.1 Å². The Morgan fingerprint density at radius 3 is 2.30 bits per heavy atom. The van der Waals surface area contributed by atoms with Crippen LogP contribution in [0, 0.1) is 0 Å². The molecule has 3 rings (SSSR count). The molecule has 0 aliphatic rings. The fourth-order valence-corrected chi connectivity index (χ4v) is 3.33. The average Bonchev–Trinajstić information content (AvgIpc) is 2.64. The van der Waals surface area contributed by atoms with E-state index in [-0.39, 0.29) is 5.56 Å². The van der Waals surface area contributed by atoms with Crippen LogP contribution in [-0.4, -0.2) is 42.8 Å². The number of halogens is 1. The molecule has 0 aliphatic carbocycles. The Labute approximate surface area is 162 Å². The molecule has 0 aliphatic heterocycles. The molecule has 3 aromatic rings. The molecule has 6 nitrogen and oxygen atoms in total. The Kier molecular flexibility index (Phi) is 5.39. The molecule has 7 heteroatoms. The zero-order valence-corrected chi connectivity index (χ0v) is 16.8. The van der Waals surface area contributed by atoms with Crippen molar-refractivity contribution in [1.29, 1.82) is 0 Å². The molecule has 1 aromatic carbocycles. The summed E-state index contributed by atoms with van der Waals surface area (Å²) in [6, 6.07) is 5.62. The summed E-state index contributed by atoms with van der Waals surface area (Å²) in [7, 11) is 8.97. The third-order valence-electron chi connectivity index (χ3n) is 4.43. The van der Waals surface area contributed by atoms with Crippen molar-refractivity contribution < 1.29 is 9.47 Å². The molecule has 0 unspecified atom stereocenters. The maximum absolute atomic E-state index is 12.5. The van der Waals surface area contributed by atoms with Crippen molar-refractivity contribution in [3.8, 4) is 22.6 Å². The topological polar surface area (TPSA) is 56.6 Å². The van der Waals surface area contributed by atoms with Crippen molar-refractivity contribution in [2.24, 2.45) is 7.05 Å². The first-order valence-electron chi connectivity index (χ1n) is 8.40. The van der Waals surface area contributed by atoms with Crippen molar-refractivity contribution in [2.75, 3.05) is 28.3 Å². The molecule has 0 bridgehead atoms. The highest BCUT2D eigenvalue weighted by Crippen LogP contribution is 2.37. The van der Waals surface area contributed by atoms with Gasteiger partial charge in [-0.25, -0.2) is 4.98 Å². The van der Waals surface area contributed by atoms with E-state index >= 15 is 0 Å². The fraction of sp³-hybridized carbons (Fsp3) is 0.300. The molecule has 27 heavy (non-hydrogen) atoms. The van der Waals surface area contributed by atoms with Gasteiger partial charge in [-0.3, -0.25) is 4.79 Å². The number of hydrogen-bond acceptors (Lipinski definition) is 5. The van der Waals surface area contributed by atoms with Crippen LogP contribution in [0.1, 0.15) is 5.56 Å². The summed E-state index contributed by atoms with van der Waals surface area (Å²) in [4.78, 5) is 18.6. The van der Waals surface area contributed by atoms with Crippen molar-refractivity contribution in [3.63, 3.8) is 0 Å². The van der Waals surface area contributed by atoms with Gasteiger partial charge in [-0.05, 0) is 37.9 Å². The van der Waals surface area contributed by atoms with E-state index in [1.54, 1.807) is 38.1 Å². The van der Waals surface area contributed by atoms with E-state index in [0.29, 0.717) is 17.1 Å². The molecule has 142 valence electrons. The van der Waals surface area contributed by atoms with Crippen LogP contribution >= 0.6 is 11.6 Å². The maximum atomic E-state index is 12.5. The summed E-state index contributed by atoms with van der Waals surface area (Å²) in [5.41, 5.74) is 2.56. The fourth-order valence-electron chi connectivity index (χ4n) is 3.18. The summed E-state index contributed by atoms with van der Waals surface area (Å²) >= 11 is 6.10. The van der Waals surface area contributed by atoms with Gasteiger partial charge >= 0.3 is 0 Å². The molecule has 2 aromatic heterocycles. The maximum Gasteiger partial charge on any atom is 0.259 e. The number of ether oxygens (including phenoxy) is 2. The van der Waals surface area contributed by atoms with Crippen LogP contribution in [0.3, 0.4) is 0 Å². The van der Waals surface area contributed by atoms with E-state index in [0.717, 1.165) is 33.6 Å². The van der Waals surface area contributed by atoms with Crippen molar-refractivity contribution in [3.05, 3.63) is 51.7 Å². The van der Waals surface area contributed by atoms with Crippen LogP contribution in [0.2, 0.25) is 5.15 Å². The second-order valence-electron chi connectivity index (χ2n) is 6.61. The lowest BCUT2D eigenvalue weighted by atomic mass is 9.99. The van der Waals surface area contributed by atoms with Gasteiger partial charge in [0.25, 0.3) is 5.56 Å². The smallest absolute Gasteiger partial charge is 0.259 e. The van der Waals surface area contributed by atoms with Crippen LogP contribution in [0.4, 0.5) is 0 Å². The number of nitrogens with zero attached hydrogens (tertiary/aromatic N) is 3. The Morgan fingerprint density at radius 1 is 1.11 bits per heavy atom. The lowest BCUT2D eigenvalue weighted by Gasteiger charge is -2.19. The number of aromatic nitrogens is 2. The highest BCUT2D eigenvalue weighted by atomic mass is 35.5. The van der Waals surface area contributed by atoms with Crippen LogP contribution in [-0.2, 0) is 13.6 Å². The molecule has 0 saturated carbocycles. The molecule has 0 spiro atoms. The highest BCUT2D eigenvalue weighted by molar-refractivity contribution is 6.30. The summed E-state index contributed by atoms with van der Waals surface area (Å²) in [5.74, 6) is 1.44. The van der Waals surface area contributed by atoms with Crippen LogP contribution in [0.25, 0.3) is 21.9 Å². The standard InChI is InChI=1S/C20H22ClN3O3/c1-23(2)10-16-17(26-4)6-12(7-18(16)27-5)15-11-24(3)20(25)14-9-22-19(21)8-13(14)15/h6-9,11H,10H2,1-5H3. The van der Waals surface area contributed by atoms with Crippen LogP contribution < -0.4 is 15.0 Å². The van der Waals surface area contributed by atoms with E-state index in [2.05, 4.69) is 4.98 Å². The average molecular weight is 388 g/mol. The number of benzene rings is 1. The Bertz CT molecular complexity index is 1040. The Morgan fingerprint density at radius 2 is 1.74 bits per heavy atom. The third kappa shape index (κ3) is 3.63. The number of fused-ring (bicyclic) bond motifs is 1. The Balaban J connectivity index is 2.33. The predicted octanol–water partition coefficient (Wildman–Crippen LogP) is 3.33. The van der Waals surface area contributed by atoms with Gasteiger partial charge in [-0.1, -0.05) is 11.6 Å². The van der Waals surface area contributed by atoms with Gasteiger partial charge in [-0.15, -0.1) is 0 Å². The third-order valence-corrected chi connectivity index (χ3v) is 4.63. The SMILES string of the molecule is COc1cc(-c2cn(C)c(=O)c3cnc(Cl)cc23)cc(OC)c1CN(C)C. The van der Waals surface area contributed by atoms with Gasteiger partial charge in [0.1, 0.15) is 16.7 Å². The van der Waals surface area contributed by atoms with Crippen LogP contribution in [0.15, 0.2) is 35.4 Å².